The highest BCUT2D eigenvalue weighted by molar-refractivity contribution is 4.51. The minimum absolute atomic E-state index is 0.404. The highest BCUT2D eigenvalue weighted by Crippen LogP contribution is 1.99. The van der Waals surface area contributed by atoms with E-state index in [1.54, 1.807) is 0 Å². The van der Waals surface area contributed by atoms with Crippen molar-refractivity contribution in [2.75, 3.05) is 0 Å². The van der Waals surface area contributed by atoms with Crippen molar-refractivity contribution in [1.29, 1.82) is 0 Å². The van der Waals surface area contributed by atoms with Gasteiger partial charge in [0, 0.05) is 6.04 Å². The standard InChI is InChI=1S/C7H17N/c1-3-4-5-6-7(2)8/h7H,3-6,8H2,1-2H3. The summed E-state index contributed by atoms with van der Waals surface area (Å²) in [5, 5.41) is 0. The normalized spacial score (nSPS) is 13.9. The predicted molar refractivity (Wildman–Crippen MR) is 37.8 cm³/mol. The zero-order valence-electron chi connectivity index (χ0n) is 5.98. The second-order valence-corrected chi connectivity index (χ2v) is 2.47. The molecule has 0 aliphatic heterocycles. The van der Waals surface area contributed by atoms with Crippen molar-refractivity contribution in [1.82, 2.24) is 0 Å². The van der Waals surface area contributed by atoms with Gasteiger partial charge in [-0.05, 0) is 13.3 Å². The number of hydrogen-bond donors (Lipinski definition) is 1. The average Bonchev–Trinajstić information content (AvgIpc) is 1.66. The van der Waals surface area contributed by atoms with E-state index in [0.29, 0.717) is 6.04 Å². The van der Waals surface area contributed by atoms with Crippen LogP contribution in [0.3, 0.4) is 0 Å². The van der Waals surface area contributed by atoms with Crippen molar-refractivity contribution in [3.63, 3.8) is 0 Å². The Morgan fingerprint density at radius 3 is 2.38 bits per heavy atom. The van der Waals surface area contributed by atoms with Gasteiger partial charge < -0.3 is 5.73 Å². The summed E-state index contributed by atoms with van der Waals surface area (Å²) in [6.07, 6.45) is 5.12. The molecule has 8 heavy (non-hydrogen) atoms. The lowest BCUT2D eigenvalue weighted by Crippen LogP contribution is -2.13. The minimum atomic E-state index is 0.404. The number of unbranched alkanes of at least 4 members (excludes halogenated alkanes) is 2. The van der Waals surface area contributed by atoms with E-state index in [0.717, 1.165) is 0 Å². The molecule has 1 atom stereocenters. The summed E-state index contributed by atoms with van der Waals surface area (Å²) in [4.78, 5) is 0. The van der Waals surface area contributed by atoms with Gasteiger partial charge in [-0.2, -0.15) is 0 Å². The molecule has 1 heteroatoms. The van der Waals surface area contributed by atoms with E-state index in [4.69, 9.17) is 5.73 Å². The van der Waals surface area contributed by atoms with Crippen LogP contribution in [0.25, 0.3) is 0 Å². The largest absolute Gasteiger partial charge is 0.328 e. The van der Waals surface area contributed by atoms with Crippen LogP contribution >= 0.6 is 0 Å². The van der Waals surface area contributed by atoms with Gasteiger partial charge in [-0.1, -0.05) is 26.2 Å². The van der Waals surface area contributed by atoms with Crippen LogP contribution in [0, 0.1) is 0 Å². The molecular weight excluding hydrogens is 98.1 g/mol. The smallest absolute Gasteiger partial charge is 0.00104 e. The van der Waals surface area contributed by atoms with Gasteiger partial charge in [-0.15, -0.1) is 0 Å². The van der Waals surface area contributed by atoms with Crippen LogP contribution in [0.2, 0.25) is 0 Å². The molecule has 0 radical (unpaired) electrons. The molecule has 0 saturated carbocycles. The Morgan fingerprint density at radius 1 is 1.38 bits per heavy atom. The first-order valence-electron chi connectivity index (χ1n) is 3.53. The summed E-state index contributed by atoms with van der Waals surface area (Å²) in [5.41, 5.74) is 5.53. The molecule has 1 unspecified atom stereocenters. The molecule has 0 fully saturated rings. The third-order valence-electron chi connectivity index (χ3n) is 1.26. The molecule has 0 aromatic carbocycles. The van der Waals surface area contributed by atoms with Crippen molar-refractivity contribution in [3.8, 4) is 0 Å². The summed E-state index contributed by atoms with van der Waals surface area (Å²) < 4.78 is 0. The number of nitrogens with two attached hydrogens (primary N) is 1. The van der Waals surface area contributed by atoms with Gasteiger partial charge >= 0.3 is 0 Å². The topological polar surface area (TPSA) is 26.0 Å². The third-order valence-corrected chi connectivity index (χ3v) is 1.26. The first-order chi connectivity index (χ1) is 3.77. The van der Waals surface area contributed by atoms with Crippen LogP contribution in [0.15, 0.2) is 0 Å². The van der Waals surface area contributed by atoms with Crippen molar-refractivity contribution in [3.05, 3.63) is 0 Å². The van der Waals surface area contributed by atoms with Crippen molar-refractivity contribution in [2.45, 2.75) is 45.6 Å². The number of hydrogen-bond acceptors (Lipinski definition) is 1. The van der Waals surface area contributed by atoms with E-state index in [2.05, 4.69) is 13.8 Å². The van der Waals surface area contributed by atoms with Gasteiger partial charge in [0.15, 0.2) is 0 Å². The minimum Gasteiger partial charge on any atom is -0.328 e. The Balaban J connectivity index is 2.72. The van der Waals surface area contributed by atoms with Gasteiger partial charge in [0.05, 0.1) is 0 Å². The molecule has 0 aliphatic rings. The Hall–Kier alpha value is -0.0400. The molecule has 0 aromatic rings. The summed E-state index contributed by atoms with van der Waals surface area (Å²) in [6, 6.07) is 0.404. The molecule has 0 saturated heterocycles. The Labute approximate surface area is 52.3 Å². The van der Waals surface area contributed by atoms with Crippen molar-refractivity contribution < 1.29 is 0 Å². The van der Waals surface area contributed by atoms with E-state index in [1.165, 1.54) is 25.7 Å². The van der Waals surface area contributed by atoms with Crippen LogP contribution < -0.4 is 5.73 Å². The lowest BCUT2D eigenvalue weighted by molar-refractivity contribution is 0.592. The van der Waals surface area contributed by atoms with Gasteiger partial charge in [0.1, 0.15) is 0 Å². The Bertz CT molecular complexity index is 41.7. The molecule has 0 bridgehead atoms. The summed E-state index contributed by atoms with van der Waals surface area (Å²) in [5.74, 6) is 0. The first kappa shape index (κ1) is 7.96. The monoisotopic (exact) mass is 115 g/mol. The van der Waals surface area contributed by atoms with Crippen LogP contribution in [0.1, 0.15) is 39.5 Å². The molecule has 1 nitrogen and oxygen atoms in total. The second kappa shape index (κ2) is 5.10. The van der Waals surface area contributed by atoms with Gasteiger partial charge in [0.25, 0.3) is 0 Å². The first-order valence-corrected chi connectivity index (χ1v) is 3.53. The van der Waals surface area contributed by atoms with E-state index >= 15 is 0 Å². The molecule has 50 valence electrons. The Morgan fingerprint density at radius 2 is 2.00 bits per heavy atom. The highest BCUT2D eigenvalue weighted by atomic mass is 14.6. The molecule has 0 rings (SSSR count). The fourth-order valence-corrected chi connectivity index (χ4v) is 0.716. The van der Waals surface area contributed by atoms with E-state index < -0.39 is 0 Å². The molecule has 0 aromatic heterocycles. The van der Waals surface area contributed by atoms with Crippen LogP contribution in [-0.2, 0) is 0 Å². The van der Waals surface area contributed by atoms with Gasteiger partial charge in [-0.3, -0.25) is 0 Å². The Kier molecular flexibility index (Phi) is 5.08. The molecule has 0 aliphatic carbocycles. The van der Waals surface area contributed by atoms with Gasteiger partial charge in [0.2, 0.25) is 0 Å². The van der Waals surface area contributed by atoms with E-state index in [1.807, 2.05) is 0 Å². The molecule has 0 spiro atoms. The second-order valence-electron chi connectivity index (χ2n) is 2.47. The SMILES string of the molecule is CCCCCC(C)N. The molecular formula is C7H17N. The van der Waals surface area contributed by atoms with Crippen LogP contribution in [0.4, 0.5) is 0 Å². The average molecular weight is 115 g/mol. The maximum absolute atomic E-state index is 5.53. The maximum Gasteiger partial charge on any atom is 0.00104 e. The lowest BCUT2D eigenvalue weighted by atomic mass is 10.1. The van der Waals surface area contributed by atoms with Crippen LogP contribution in [-0.4, -0.2) is 6.04 Å². The third kappa shape index (κ3) is 5.96. The van der Waals surface area contributed by atoms with E-state index in [-0.39, 0.29) is 0 Å². The quantitative estimate of drug-likeness (QED) is 0.556. The highest BCUT2D eigenvalue weighted by Gasteiger charge is 1.90. The predicted octanol–water partition coefficient (Wildman–Crippen LogP) is 1.91. The summed E-state index contributed by atoms with van der Waals surface area (Å²) in [6.45, 7) is 4.27. The van der Waals surface area contributed by atoms with Gasteiger partial charge in [-0.25, -0.2) is 0 Å². The molecule has 0 heterocycles. The van der Waals surface area contributed by atoms with Crippen molar-refractivity contribution in [2.24, 2.45) is 5.73 Å². The van der Waals surface area contributed by atoms with Crippen LogP contribution in [0.5, 0.6) is 0 Å². The molecule has 2 N–H and O–H groups in total. The summed E-state index contributed by atoms with van der Waals surface area (Å²) >= 11 is 0. The fraction of sp³-hybridized carbons (Fsp3) is 1.00. The lowest BCUT2D eigenvalue weighted by Gasteiger charge is -2.01. The van der Waals surface area contributed by atoms with E-state index in [9.17, 15) is 0 Å². The maximum atomic E-state index is 5.53. The molecule has 0 amide bonds. The summed E-state index contributed by atoms with van der Waals surface area (Å²) in [7, 11) is 0. The van der Waals surface area contributed by atoms with Crippen molar-refractivity contribution >= 4 is 0 Å². The zero-order chi connectivity index (χ0) is 6.41. The zero-order valence-corrected chi connectivity index (χ0v) is 5.98. The number of rotatable bonds is 4. The fourth-order valence-electron chi connectivity index (χ4n) is 0.716.